The van der Waals surface area contributed by atoms with Gasteiger partial charge in [-0.25, -0.2) is 0 Å². The van der Waals surface area contributed by atoms with Crippen molar-refractivity contribution >= 4 is 0 Å². The van der Waals surface area contributed by atoms with Crippen LogP contribution in [0.3, 0.4) is 0 Å². The summed E-state index contributed by atoms with van der Waals surface area (Å²) in [7, 11) is 0. The standard InChI is InChI=1S/C14H28N2/c1-3-12-6-4-5-7-14(12)16-9-8-13(10-16)11(2)15/h11-14H,3-10,15H2,1-2H3. The Bertz CT molecular complexity index is 215. The van der Waals surface area contributed by atoms with Gasteiger partial charge in [-0.1, -0.05) is 26.2 Å². The largest absolute Gasteiger partial charge is 0.328 e. The van der Waals surface area contributed by atoms with E-state index in [0.717, 1.165) is 17.9 Å². The van der Waals surface area contributed by atoms with Crippen LogP contribution >= 0.6 is 0 Å². The molecule has 2 heteroatoms. The van der Waals surface area contributed by atoms with Crippen molar-refractivity contribution in [3.63, 3.8) is 0 Å². The van der Waals surface area contributed by atoms with Crippen LogP contribution in [0.1, 0.15) is 52.4 Å². The fourth-order valence-electron chi connectivity index (χ4n) is 3.69. The zero-order valence-corrected chi connectivity index (χ0v) is 11.0. The van der Waals surface area contributed by atoms with Crippen molar-refractivity contribution in [3.05, 3.63) is 0 Å². The Morgan fingerprint density at radius 3 is 2.62 bits per heavy atom. The van der Waals surface area contributed by atoms with Gasteiger partial charge < -0.3 is 5.73 Å². The van der Waals surface area contributed by atoms with Gasteiger partial charge >= 0.3 is 0 Å². The molecule has 1 heterocycles. The van der Waals surface area contributed by atoms with Gasteiger partial charge in [0.2, 0.25) is 0 Å². The van der Waals surface area contributed by atoms with Crippen molar-refractivity contribution in [3.8, 4) is 0 Å². The molecule has 16 heavy (non-hydrogen) atoms. The summed E-state index contributed by atoms with van der Waals surface area (Å²) in [5, 5.41) is 0. The number of hydrogen-bond acceptors (Lipinski definition) is 2. The summed E-state index contributed by atoms with van der Waals surface area (Å²) in [6.45, 7) is 7.10. The highest BCUT2D eigenvalue weighted by Crippen LogP contribution is 2.33. The zero-order valence-electron chi connectivity index (χ0n) is 11.0. The first-order valence-electron chi connectivity index (χ1n) is 7.22. The van der Waals surface area contributed by atoms with Crippen LogP contribution in [0.5, 0.6) is 0 Å². The molecule has 4 atom stereocenters. The maximum Gasteiger partial charge on any atom is 0.0123 e. The summed E-state index contributed by atoms with van der Waals surface area (Å²) < 4.78 is 0. The summed E-state index contributed by atoms with van der Waals surface area (Å²) in [6, 6.07) is 1.26. The molecule has 2 aliphatic rings. The molecule has 1 saturated carbocycles. The lowest BCUT2D eigenvalue weighted by Gasteiger charge is -2.38. The number of hydrogen-bond donors (Lipinski definition) is 1. The maximum absolute atomic E-state index is 6.03. The molecular weight excluding hydrogens is 196 g/mol. The molecule has 0 aromatic rings. The van der Waals surface area contributed by atoms with Crippen molar-refractivity contribution < 1.29 is 0 Å². The third-order valence-electron chi connectivity index (χ3n) is 4.86. The third kappa shape index (κ3) is 2.60. The summed E-state index contributed by atoms with van der Waals surface area (Å²) in [5.41, 5.74) is 6.03. The van der Waals surface area contributed by atoms with Crippen LogP contribution in [-0.2, 0) is 0 Å². The van der Waals surface area contributed by atoms with Crippen LogP contribution in [-0.4, -0.2) is 30.1 Å². The Labute approximate surface area is 101 Å². The fourth-order valence-corrected chi connectivity index (χ4v) is 3.69. The van der Waals surface area contributed by atoms with Crippen molar-refractivity contribution in [1.82, 2.24) is 4.90 Å². The number of nitrogens with two attached hydrogens (primary N) is 1. The maximum atomic E-state index is 6.03. The molecule has 0 aromatic heterocycles. The Hall–Kier alpha value is -0.0800. The van der Waals surface area contributed by atoms with Gasteiger partial charge in [-0.05, 0) is 44.6 Å². The number of rotatable bonds is 3. The fraction of sp³-hybridized carbons (Fsp3) is 1.00. The van der Waals surface area contributed by atoms with Crippen molar-refractivity contribution in [2.75, 3.05) is 13.1 Å². The first-order valence-corrected chi connectivity index (χ1v) is 7.22. The molecule has 2 rings (SSSR count). The lowest BCUT2D eigenvalue weighted by molar-refractivity contribution is 0.120. The van der Waals surface area contributed by atoms with E-state index < -0.39 is 0 Å². The van der Waals surface area contributed by atoms with E-state index in [1.165, 1.54) is 51.6 Å². The lowest BCUT2D eigenvalue weighted by atomic mass is 9.82. The minimum atomic E-state index is 0.383. The van der Waals surface area contributed by atoms with Gasteiger partial charge in [0.05, 0.1) is 0 Å². The number of nitrogens with zero attached hydrogens (tertiary/aromatic N) is 1. The van der Waals surface area contributed by atoms with Crippen LogP contribution in [0.2, 0.25) is 0 Å². The molecule has 2 nitrogen and oxygen atoms in total. The van der Waals surface area contributed by atoms with Gasteiger partial charge in [0.25, 0.3) is 0 Å². The van der Waals surface area contributed by atoms with E-state index in [1.54, 1.807) is 0 Å². The summed E-state index contributed by atoms with van der Waals surface area (Å²) in [4.78, 5) is 2.75. The Morgan fingerprint density at radius 1 is 1.25 bits per heavy atom. The first-order chi connectivity index (χ1) is 7.72. The van der Waals surface area contributed by atoms with Crippen molar-refractivity contribution in [1.29, 1.82) is 0 Å². The van der Waals surface area contributed by atoms with E-state index in [1.807, 2.05) is 0 Å². The molecule has 1 saturated heterocycles. The van der Waals surface area contributed by atoms with Gasteiger partial charge in [0.1, 0.15) is 0 Å². The Balaban J connectivity index is 1.91. The Morgan fingerprint density at radius 2 is 2.00 bits per heavy atom. The van der Waals surface area contributed by atoms with E-state index in [0.29, 0.717) is 6.04 Å². The molecule has 0 aromatic carbocycles. The highest BCUT2D eigenvalue weighted by atomic mass is 15.2. The Kier molecular flexibility index (Phi) is 4.26. The minimum Gasteiger partial charge on any atom is -0.328 e. The summed E-state index contributed by atoms with van der Waals surface area (Å²) in [5.74, 6) is 1.71. The average molecular weight is 224 g/mol. The molecule has 0 radical (unpaired) electrons. The summed E-state index contributed by atoms with van der Waals surface area (Å²) >= 11 is 0. The highest BCUT2D eigenvalue weighted by molar-refractivity contribution is 4.89. The van der Waals surface area contributed by atoms with E-state index in [9.17, 15) is 0 Å². The molecule has 2 fully saturated rings. The second-order valence-electron chi connectivity index (χ2n) is 5.92. The molecular formula is C14H28N2. The van der Waals surface area contributed by atoms with Crippen LogP contribution in [0.25, 0.3) is 0 Å². The van der Waals surface area contributed by atoms with Gasteiger partial charge in [-0.2, -0.15) is 0 Å². The van der Waals surface area contributed by atoms with E-state index in [-0.39, 0.29) is 0 Å². The molecule has 94 valence electrons. The quantitative estimate of drug-likeness (QED) is 0.798. The highest BCUT2D eigenvalue weighted by Gasteiger charge is 2.34. The molecule has 0 spiro atoms. The van der Waals surface area contributed by atoms with Crippen LogP contribution < -0.4 is 5.73 Å². The first kappa shape index (κ1) is 12.4. The van der Waals surface area contributed by atoms with E-state index in [2.05, 4.69) is 18.7 Å². The monoisotopic (exact) mass is 224 g/mol. The normalized spacial score (nSPS) is 38.8. The SMILES string of the molecule is CCC1CCCCC1N1CCC(C(C)N)C1. The van der Waals surface area contributed by atoms with Crippen molar-refractivity contribution in [2.24, 2.45) is 17.6 Å². The van der Waals surface area contributed by atoms with Crippen LogP contribution in [0.15, 0.2) is 0 Å². The van der Waals surface area contributed by atoms with Crippen LogP contribution in [0.4, 0.5) is 0 Å². The molecule has 2 N–H and O–H groups in total. The predicted octanol–water partition coefficient (Wildman–Crippen LogP) is 2.62. The zero-order chi connectivity index (χ0) is 11.5. The smallest absolute Gasteiger partial charge is 0.0123 e. The average Bonchev–Trinajstić information content (AvgIpc) is 2.78. The minimum absolute atomic E-state index is 0.383. The third-order valence-corrected chi connectivity index (χ3v) is 4.86. The van der Waals surface area contributed by atoms with E-state index in [4.69, 9.17) is 5.73 Å². The van der Waals surface area contributed by atoms with Gasteiger partial charge in [0, 0.05) is 18.6 Å². The molecule has 0 amide bonds. The molecule has 1 aliphatic carbocycles. The van der Waals surface area contributed by atoms with Gasteiger partial charge in [-0.3, -0.25) is 4.90 Å². The van der Waals surface area contributed by atoms with Gasteiger partial charge in [-0.15, -0.1) is 0 Å². The second kappa shape index (κ2) is 5.50. The van der Waals surface area contributed by atoms with E-state index >= 15 is 0 Å². The molecule has 4 unspecified atom stereocenters. The lowest BCUT2D eigenvalue weighted by Crippen LogP contribution is -2.42. The van der Waals surface area contributed by atoms with Crippen LogP contribution in [0, 0.1) is 11.8 Å². The van der Waals surface area contributed by atoms with Crippen molar-refractivity contribution in [2.45, 2.75) is 64.5 Å². The second-order valence-corrected chi connectivity index (χ2v) is 5.92. The topological polar surface area (TPSA) is 29.3 Å². The van der Waals surface area contributed by atoms with Gasteiger partial charge in [0.15, 0.2) is 0 Å². The summed E-state index contributed by atoms with van der Waals surface area (Å²) in [6.07, 6.45) is 8.49. The molecule has 0 bridgehead atoms. The molecule has 1 aliphatic heterocycles. The number of likely N-dealkylation sites (tertiary alicyclic amines) is 1. The predicted molar refractivity (Wildman–Crippen MR) is 69.4 cm³/mol.